The number of aromatic nitrogens is 1. The van der Waals surface area contributed by atoms with Gasteiger partial charge in [0, 0.05) is 94.9 Å². The molecule has 0 amide bonds. The Kier molecular flexibility index (Phi) is 15.9. The van der Waals surface area contributed by atoms with Gasteiger partial charge in [0.1, 0.15) is 5.69 Å². The van der Waals surface area contributed by atoms with E-state index < -0.39 is 24.4 Å². The number of carboxylic acid groups (broad SMARTS) is 2. The van der Waals surface area contributed by atoms with Gasteiger partial charge in [0.15, 0.2) is 0 Å². The maximum atomic E-state index is 14.9. The van der Waals surface area contributed by atoms with Gasteiger partial charge in [-0.15, -0.1) is 11.8 Å². The number of likely N-dealkylation sites (tertiary alicyclic amines) is 1. The second kappa shape index (κ2) is 22.4. The monoisotopic (exact) mass is 1050 g/mol. The zero-order valence-corrected chi connectivity index (χ0v) is 43.7. The van der Waals surface area contributed by atoms with E-state index in [-0.39, 0.29) is 41.2 Å². The fourth-order valence-corrected chi connectivity index (χ4v) is 13.8. The van der Waals surface area contributed by atoms with E-state index in [0.717, 1.165) is 59.3 Å². The summed E-state index contributed by atoms with van der Waals surface area (Å²) in [5.41, 5.74) is 7.06. The average molecular weight is 1050 g/mol. The van der Waals surface area contributed by atoms with E-state index in [0.29, 0.717) is 78.8 Å². The minimum Gasteiger partial charge on any atom is -0.481 e. The molecular formula is C55H61ClN7O8PS. The third kappa shape index (κ3) is 11.3. The van der Waals surface area contributed by atoms with Crippen LogP contribution in [0.5, 0.6) is 0 Å². The van der Waals surface area contributed by atoms with Crippen LogP contribution in [0.2, 0.25) is 5.02 Å². The second-order valence-corrected chi connectivity index (χ2v) is 23.0. The summed E-state index contributed by atoms with van der Waals surface area (Å²) >= 11 is 7.95. The molecule has 0 aliphatic carbocycles. The number of hydrogen-bond donors (Lipinski definition) is 3. The van der Waals surface area contributed by atoms with Crippen LogP contribution in [0.4, 0.5) is 28.4 Å². The number of carboxylic acids is 2. The van der Waals surface area contributed by atoms with Crippen LogP contribution in [0, 0.1) is 23.0 Å². The molecule has 0 spiro atoms. The molecule has 382 valence electrons. The van der Waals surface area contributed by atoms with Crippen molar-refractivity contribution in [3.05, 3.63) is 148 Å². The number of thioether (sulfide) groups is 1. The first-order valence-electron chi connectivity index (χ1n) is 24.8. The Bertz CT molecular complexity index is 3000. The van der Waals surface area contributed by atoms with Gasteiger partial charge >= 0.3 is 19.5 Å². The Morgan fingerprint density at radius 2 is 1.49 bits per heavy atom. The first kappa shape index (κ1) is 51.6. The topological polar surface area (TPSA) is 174 Å². The van der Waals surface area contributed by atoms with Crippen molar-refractivity contribution in [2.45, 2.75) is 57.0 Å². The third-order valence-electron chi connectivity index (χ3n) is 14.3. The highest BCUT2D eigenvalue weighted by Crippen LogP contribution is 2.56. The standard InChI is InChI=1S/C55H61ClN7O8PS/c1-37(2)62-38(3)51(55(66)67)52(53(62)39-12-14-42(56)15-13-39)41-8-7-9-46(34-41)60-30-28-59(29-31-60)44-16-18-45(19-17-44)61-32-33-71-72(61,70)47-20-21-49(50(35-47)63(68)69)57-43(36-73-48-10-5-4-6-11-48)24-27-58-25-22-40(23-26-58)54(64)65/h4-21,34-35,37,40,43,57H,22-33,36H2,1-3H3,(H,64,65)(H,66,67)/t43-,72-/m1/s1. The Hall–Kier alpha value is -6.29. The lowest BCUT2D eigenvalue weighted by molar-refractivity contribution is -0.383. The van der Waals surface area contributed by atoms with Gasteiger partial charge in [-0.3, -0.25) is 24.1 Å². The quantitative estimate of drug-likeness (QED) is 0.0321. The van der Waals surface area contributed by atoms with Crippen molar-refractivity contribution in [1.82, 2.24) is 9.47 Å². The SMILES string of the molecule is Cc1c(C(=O)O)c(-c2cccc(N3CCN(c4ccc(N5CCO[P@]5(=O)c5ccc(N[C@H](CCN6CCC(C(=O)O)CC6)CSc6ccccc6)c([N+](=O)[O-])c5)cc4)CC3)c2)c(-c2ccc(Cl)cc2)n1C(C)C. The van der Waals surface area contributed by atoms with E-state index in [4.69, 9.17) is 16.1 Å². The molecule has 1 aromatic heterocycles. The first-order valence-corrected chi connectivity index (χ1v) is 27.8. The lowest BCUT2D eigenvalue weighted by Gasteiger charge is -2.37. The predicted octanol–water partition coefficient (Wildman–Crippen LogP) is 11.4. The molecule has 3 N–H and O–H groups in total. The number of nitrogens with one attached hydrogen (secondary N) is 1. The van der Waals surface area contributed by atoms with Crippen molar-refractivity contribution in [2.75, 3.05) is 84.5 Å². The summed E-state index contributed by atoms with van der Waals surface area (Å²) in [6, 6.07) is 38.1. The van der Waals surface area contributed by atoms with E-state index in [2.05, 4.69) is 50.6 Å². The number of nitro benzene ring substituents is 1. The molecule has 0 radical (unpaired) electrons. The molecule has 5 aromatic carbocycles. The van der Waals surface area contributed by atoms with Crippen molar-refractivity contribution in [3.63, 3.8) is 0 Å². The molecule has 6 aromatic rings. The van der Waals surface area contributed by atoms with Gasteiger partial charge in [0.25, 0.3) is 5.69 Å². The average Bonchev–Trinajstić information content (AvgIpc) is 3.95. The molecule has 0 saturated carbocycles. The van der Waals surface area contributed by atoms with E-state index in [9.17, 15) is 34.5 Å². The lowest BCUT2D eigenvalue weighted by atomic mass is 9.96. The summed E-state index contributed by atoms with van der Waals surface area (Å²) in [7, 11) is -3.74. The largest absolute Gasteiger partial charge is 0.481 e. The van der Waals surface area contributed by atoms with Crippen LogP contribution in [-0.2, 0) is 13.9 Å². The maximum Gasteiger partial charge on any atom is 0.338 e. The van der Waals surface area contributed by atoms with Gasteiger partial charge in [0.2, 0.25) is 0 Å². The first-order chi connectivity index (χ1) is 35.2. The highest BCUT2D eigenvalue weighted by atomic mass is 35.5. The molecule has 73 heavy (non-hydrogen) atoms. The summed E-state index contributed by atoms with van der Waals surface area (Å²) in [6.07, 6.45) is 1.88. The molecule has 2 atom stereocenters. The van der Waals surface area contributed by atoms with Gasteiger partial charge in [-0.25, -0.2) is 4.79 Å². The van der Waals surface area contributed by atoms with E-state index in [1.165, 1.54) is 6.07 Å². The van der Waals surface area contributed by atoms with Crippen LogP contribution < -0.4 is 25.1 Å². The van der Waals surface area contributed by atoms with Crippen LogP contribution in [0.3, 0.4) is 0 Å². The van der Waals surface area contributed by atoms with E-state index in [1.807, 2.05) is 97.9 Å². The Balaban J connectivity index is 0.880. The molecule has 3 aliphatic rings. The van der Waals surface area contributed by atoms with Gasteiger partial charge in [-0.2, -0.15) is 0 Å². The normalized spacial score (nSPS) is 18.1. The van der Waals surface area contributed by atoms with Crippen molar-refractivity contribution in [1.29, 1.82) is 0 Å². The third-order valence-corrected chi connectivity index (χ3v) is 18.2. The van der Waals surface area contributed by atoms with Crippen molar-refractivity contribution in [3.8, 4) is 22.4 Å². The zero-order chi connectivity index (χ0) is 51.4. The number of hydrogen-bond acceptors (Lipinski definition) is 11. The van der Waals surface area contributed by atoms with Crippen molar-refractivity contribution < 1.29 is 33.8 Å². The van der Waals surface area contributed by atoms with Crippen LogP contribution in [0.15, 0.2) is 126 Å². The molecule has 0 bridgehead atoms. The molecular weight excluding hydrogens is 985 g/mol. The highest BCUT2D eigenvalue weighted by Gasteiger charge is 2.41. The molecule has 3 saturated heterocycles. The van der Waals surface area contributed by atoms with Gasteiger partial charge in [0.05, 0.1) is 40.6 Å². The number of anilines is 4. The number of benzene rings is 5. The minimum absolute atomic E-state index is 0.0103. The molecule has 0 unspecified atom stereocenters. The number of halogens is 1. The smallest absolute Gasteiger partial charge is 0.338 e. The van der Waals surface area contributed by atoms with Crippen LogP contribution in [-0.4, -0.2) is 107 Å². The van der Waals surface area contributed by atoms with E-state index in [1.54, 1.807) is 28.6 Å². The summed E-state index contributed by atoms with van der Waals surface area (Å²) in [6.45, 7) is 11.5. The summed E-state index contributed by atoms with van der Waals surface area (Å²) in [4.78, 5) is 44.7. The van der Waals surface area contributed by atoms with E-state index >= 15 is 0 Å². The van der Waals surface area contributed by atoms with Gasteiger partial charge < -0.3 is 39.3 Å². The number of rotatable bonds is 18. The van der Waals surface area contributed by atoms with Gasteiger partial charge in [-0.05, 0) is 137 Å². The molecule has 18 heteroatoms. The van der Waals surface area contributed by atoms with Gasteiger partial charge in [-0.1, -0.05) is 54.1 Å². The Morgan fingerprint density at radius 1 is 0.822 bits per heavy atom. The number of nitrogens with zero attached hydrogens (tertiary/aromatic N) is 6. The van der Waals surface area contributed by atoms with Crippen LogP contribution >= 0.6 is 30.9 Å². The molecule has 3 aliphatic heterocycles. The Morgan fingerprint density at radius 3 is 2.14 bits per heavy atom. The Labute approximate surface area is 435 Å². The fourth-order valence-electron chi connectivity index (χ4n) is 10.5. The summed E-state index contributed by atoms with van der Waals surface area (Å²) < 4.78 is 24.7. The van der Waals surface area contributed by atoms with Crippen molar-refractivity contribution >= 4 is 76.6 Å². The predicted molar refractivity (Wildman–Crippen MR) is 293 cm³/mol. The summed E-state index contributed by atoms with van der Waals surface area (Å²) in [5.74, 6) is -1.41. The van der Waals surface area contributed by atoms with Crippen LogP contribution in [0.25, 0.3) is 22.4 Å². The minimum atomic E-state index is -3.74. The van der Waals surface area contributed by atoms with Crippen LogP contribution in [0.1, 0.15) is 55.2 Å². The number of aromatic carboxylic acids is 1. The maximum absolute atomic E-state index is 14.9. The lowest BCUT2D eigenvalue weighted by Crippen LogP contribution is -2.46. The number of carbonyl (C=O) groups is 2. The number of piperidine rings is 1. The fraction of sp³-hybridized carbons (Fsp3) is 0.345. The molecule has 15 nitrogen and oxygen atoms in total. The number of aliphatic carboxylic acids is 1. The highest BCUT2D eigenvalue weighted by molar-refractivity contribution is 7.99. The molecule has 3 fully saturated rings. The summed E-state index contributed by atoms with van der Waals surface area (Å²) in [5, 5.41) is 37.1. The zero-order valence-electron chi connectivity index (χ0n) is 41.2. The number of piperazine rings is 1. The molecule has 9 rings (SSSR count). The second-order valence-electron chi connectivity index (χ2n) is 19.1. The number of nitro groups is 1. The molecule has 4 heterocycles. The van der Waals surface area contributed by atoms with Crippen molar-refractivity contribution in [2.24, 2.45) is 5.92 Å².